The number of aryl methyl sites for hydroxylation is 1. The van der Waals surface area contributed by atoms with Gasteiger partial charge in [-0.1, -0.05) is 25.7 Å². The summed E-state index contributed by atoms with van der Waals surface area (Å²) < 4.78 is 6.10. The van der Waals surface area contributed by atoms with Crippen molar-refractivity contribution in [1.82, 2.24) is 0 Å². The van der Waals surface area contributed by atoms with E-state index in [-0.39, 0.29) is 0 Å². The average molecular weight is 268 g/mol. The molecule has 4 heteroatoms. The monoisotopic (exact) mass is 267 g/mol. The first-order valence-corrected chi connectivity index (χ1v) is 13.1. The lowest BCUT2D eigenvalue weighted by molar-refractivity contribution is 0.553. The number of anilines is 1. The van der Waals surface area contributed by atoms with Gasteiger partial charge in [-0.2, -0.15) is 0 Å². The normalized spacial score (nSPS) is 12.4. The van der Waals surface area contributed by atoms with E-state index in [1.807, 2.05) is 0 Å². The van der Waals surface area contributed by atoms with Crippen LogP contribution in [0.1, 0.15) is 5.56 Å². The molecule has 0 aliphatic rings. The first kappa shape index (κ1) is 14.3. The number of benzene rings is 1. The molecule has 0 aliphatic carbocycles. The minimum Gasteiger partial charge on any atom is -0.544 e. The van der Waals surface area contributed by atoms with Gasteiger partial charge in [0.25, 0.3) is 0 Å². The molecule has 0 saturated heterocycles. The van der Waals surface area contributed by atoms with Gasteiger partial charge in [-0.25, -0.2) is 0 Å². The van der Waals surface area contributed by atoms with Crippen LogP contribution in [0, 0.1) is 6.92 Å². The molecule has 1 N–H and O–H groups in total. The van der Waals surface area contributed by atoms with Gasteiger partial charge in [-0.3, -0.25) is 0 Å². The SMILES string of the molecule is Cc1ccc(N[Si](C)(C)C)cc1O[Si](C)(C)C. The van der Waals surface area contributed by atoms with Gasteiger partial charge < -0.3 is 9.41 Å². The molecule has 96 valence electrons. The maximum absolute atomic E-state index is 6.10. The first-order chi connectivity index (χ1) is 7.57. The highest BCUT2D eigenvalue weighted by atomic mass is 28.4. The fourth-order valence-corrected chi connectivity index (χ4v) is 3.45. The Morgan fingerprint density at radius 2 is 1.59 bits per heavy atom. The van der Waals surface area contributed by atoms with Crippen molar-refractivity contribution in [3.05, 3.63) is 23.8 Å². The maximum atomic E-state index is 6.10. The van der Waals surface area contributed by atoms with Crippen LogP contribution in [0.4, 0.5) is 5.69 Å². The molecule has 0 amide bonds. The molecule has 0 radical (unpaired) electrons. The van der Waals surface area contributed by atoms with Crippen LogP contribution < -0.4 is 9.41 Å². The third kappa shape index (κ3) is 5.41. The van der Waals surface area contributed by atoms with E-state index >= 15 is 0 Å². The topological polar surface area (TPSA) is 21.3 Å². The molecule has 0 bridgehead atoms. The molecule has 17 heavy (non-hydrogen) atoms. The van der Waals surface area contributed by atoms with Gasteiger partial charge in [0.05, 0.1) is 0 Å². The molecule has 0 fully saturated rings. The van der Waals surface area contributed by atoms with Crippen molar-refractivity contribution >= 4 is 22.2 Å². The maximum Gasteiger partial charge on any atom is 0.242 e. The second-order valence-electron chi connectivity index (χ2n) is 6.57. The summed E-state index contributed by atoms with van der Waals surface area (Å²) in [5, 5.41) is 0. The number of nitrogens with one attached hydrogen (secondary N) is 1. The van der Waals surface area contributed by atoms with Crippen LogP contribution in [0.25, 0.3) is 0 Å². The average Bonchev–Trinajstić information content (AvgIpc) is 2.05. The largest absolute Gasteiger partial charge is 0.544 e. The summed E-state index contributed by atoms with van der Waals surface area (Å²) in [5.74, 6) is 1.03. The van der Waals surface area contributed by atoms with E-state index in [0.29, 0.717) is 0 Å². The van der Waals surface area contributed by atoms with E-state index in [4.69, 9.17) is 4.43 Å². The molecule has 1 rings (SSSR count). The molecule has 0 aliphatic heterocycles. The van der Waals surface area contributed by atoms with E-state index in [2.05, 4.69) is 69.4 Å². The highest BCUT2D eigenvalue weighted by molar-refractivity contribution is 6.79. The van der Waals surface area contributed by atoms with Crippen LogP contribution in [0.2, 0.25) is 39.3 Å². The lowest BCUT2D eigenvalue weighted by Crippen LogP contribution is -2.32. The fraction of sp³-hybridized carbons (Fsp3) is 0.538. The van der Waals surface area contributed by atoms with Crippen molar-refractivity contribution in [2.75, 3.05) is 4.98 Å². The molecule has 0 heterocycles. The molecular formula is C13H25NOSi2. The van der Waals surface area contributed by atoms with Crippen LogP contribution in [-0.2, 0) is 0 Å². The minimum absolute atomic E-state index is 1.03. The van der Waals surface area contributed by atoms with Crippen molar-refractivity contribution < 1.29 is 4.43 Å². The summed E-state index contributed by atoms with van der Waals surface area (Å²) in [5.41, 5.74) is 2.40. The van der Waals surface area contributed by atoms with Crippen LogP contribution in [0.15, 0.2) is 18.2 Å². The summed E-state index contributed by atoms with van der Waals surface area (Å²) in [7, 11) is -2.82. The molecule has 0 unspecified atom stereocenters. The Kier molecular flexibility index (Phi) is 4.09. The predicted octanol–water partition coefficient (Wildman–Crippen LogP) is 4.46. The zero-order chi connectivity index (χ0) is 13.3. The summed E-state index contributed by atoms with van der Waals surface area (Å²) in [6, 6.07) is 6.43. The summed E-state index contributed by atoms with van der Waals surface area (Å²) in [4.78, 5) is 3.61. The van der Waals surface area contributed by atoms with Gasteiger partial charge in [0, 0.05) is 11.8 Å². The van der Waals surface area contributed by atoms with E-state index in [9.17, 15) is 0 Å². The third-order valence-electron chi connectivity index (χ3n) is 2.12. The Morgan fingerprint density at radius 3 is 2.06 bits per heavy atom. The number of rotatable bonds is 4. The van der Waals surface area contributed by atoms with Crippen LogP contribution in [0.5, 0.6) is 5.75 Å². The molecule has 1 aromatic carbocycles. The lowest BCUT2D eigenvalue weighted by Gasteiger charge is -2.24. The molecule has 0 saturated carbocycles. The van der Waals surface area contributed by atoms with Gasteiger partial charge in [-0.05, 0) is 38.2 Å². The second kappa shape index (κ2) is 4.86. The Morgan fingerprint density at radius 1 is 1.00 bits per heavy atom. The molecule has 0 spiro atoms. The highest BCUT2D eigenvalue weighted by Gasteiger charge is 2.18. The van der Waals surface area contributed by atoms with E-state index in [0.717, 1.165) is 5.75 Å². The quantitative estimate of drug-likeness (QED) is 0.814. The third-order valence-corrected chi connectivity index (χ3v) is 3.99. The Bertz CT molecular complexity index is 391. The standard InChI is InChI=1S/C13H25NOSi2/c1-11-8-9-12(14-16(2,3)4)10-13(11)15-17(5,6)7/h8-10,14H,1-7H3. The minimum atomic E-state index is -1.53. The van der Waals surface area contributed by atoms with Gasteiger partial charge in [0.2, 0.25) is 8.32 Å². The van der Waals surface area contributed by atoms with E-state index < -0.39 is 16.6 Å². The van der Waals surface area contributed by atoms with Gasteiger partial charge >= 0.3 is 0 Å². The molecule has 2 nitrogen and oxygen atoms in total. The van der Waals surface area contributed by atoms with Crippen LogP contribution in [-0.4, -0.2) is 16.6 Å². The lowest BCUT2D eigenvalue weighted by atomic mass is 10.2. The first-order valence-electron chi connectivity index (χ1n) is 6.15. The number of hydrogen-bond acceptors (Lipinski definition) is 2. The van der Waals surface area contributed by atoms with E-state index in [1.165, 1.54) is 11.3 Å². The van der Waals surface area contributed by atoms with Crippen molar-refractivity contribution in [3.8, 4) is 5.75 Å². The van der Waals surface area contributed by atoms with Crippen molar-refractivity contribution in [2.24, 2.45) is 0 Å². The second-order valence-corrected chi connectivity index (χ2v) is 15.7. The van der Waals surface area contributed by atoms with Gasteiger partial charge in [0.1, 0.15) is 14.0 Å². The zero-order valence-electron chi connectivity index (χ0n) is 12.1. The fourth-order valence-electron chi connectivity index (χ4n) is 1.55. The van der Waals surface area contributed by atoms with E-state index in [1.54, 1.807) is 0 Å². The smallest absolute Gasteiger partial charge is 0.242 e. The summed E-state index contributed by atoms with van der Waals surface area (Å²) in [6.07, 6.45) is 0. The van der Waals surface area contributed by atoms with Crippen LogP contribution >= 0.6 is 0 Å². The Hall–Kier alpha value is -0.746. The number of hydrogen-bond donors (Lipinski definition) is 1. The van der Waals surface area contributed by atoms with Gasteiger partial charge in [-0.15, -0.1) is 0 Å². The van der Waals surface area contributed by atoms with Crippen molar-refractivity contribution in [3.63, 3.8) is 0 Å². The summed E-state index contributed by atoms with van der Waals surface area (Å²) >= 11 is 0. The zero-order valence-corrected chi connectivity index (χ0v) is 14.1. The summed E-state index contributed by atoms with van der Waals surface area (Å²) in [6.45, 7) is 15.6. The molecular weight excluding hydrogens is 242 g/mol. The Labute approximate surface area is 108 Å². The molecule has 1 aromatic rings. The highest BCUT2D eigenvalue weighted by Crippen LogP contribution is 2.26. The molecule has 0 atom stereocenters. The van der Waals surface area contributed by atoms with Crippen molar-refractivity contribution in [1.29, 1.82) is 0 Å². The predicted molar refractivity (Wildman–Crippen MR) is 82.1 cm³/mol. The van der Waals surface area contributed by atoms with Crippen LogP contribution in [0.3, 0.4) is 0 Å². The molecule has 0 aromatic heterocycles. The van der Waals surface area contributed by atoms with Crippen molar-refractivity contribution in [2.45, 2.75) is 46.2 Å². The Balaban J connectivity index is 2.95. The van der Waals surface area contributed by atoms with Gasteiger partial charge in [0.15, 0.2) is 0 Å².